The van der Waals surface area contributed by atoms with Gasteiger partial charge in [0.05, 0.1) is 18.5 Å². The second kappa shape index (κ2) is 10.8. The number of fused-ring (bicyclic) bond motifs is 4. The van der Waals surface area contributed by atoms with E-state index in [-0.39, 0.29) is 18.9 Å². The van der Waals surface area contributed by atoms with Crippen LogP contribution in [0.3, 0.4) is 0 Å². The van der Waals surface area contributed by atoms with Gasteiger partial charge in [-0.3, -0.25) is 0 Å². The maximum atomic E-state index is 13.0. The first-order valence-corrected chi connectivity index (χ1v) is 13.4. The number of nitrogens with zero attached hydrogens (tertiary/aromatic N) is 2. The summed E-state index contributed by atoms with van der Waals surface area (Å²) in [6.45, 7) is 2.05. The minimum Gasteiger partial charge on any atom is -0.497 e. The van der Waals surface area contributed by atoms with Crippen molar-refractivity contribution >= 4 is 17.7 Å². The number of aryl methyl sites for hydroxylation is 1. The van der Waals surface area contributed by atoms with Crippen LogP contribution in [-0.2, 0) is 16.0 Å². The average Bonchev–Trinajstić information content (AvgIpc) is 3.52. The fraction of sp³-hybridized carbons (Fsp3) is 0.182. The van der Waals surface area contributed by atoms with Gasteiger partial charge < -0.3 is 24.3 Å². The quantitative estimate of drug-likeness (QED) is 0.253. The van der Waals surface area contributed by atoms with Crippen LogP contribution >= 0.6 is 0 Å². The van der Waals surface area contributed by atoms with E-state index in [9.17, 15) is 14.7 Å². The van der Waals surface area contributed by atoms with Crippen molar-refractivity contribution in [1.29, 1.82) is 0 Å². The lowest BCUT2D eigenvalue weighted by atomic mass is 9.98. The van der Waals surface area contributed by atoms with Gasteiger partial charge in [0.2, 0.25) is 0 Å². The van der Waals surface area contributed by atoms with E-state index in [4.69, 9.17) is 14.5 Å². The highest BCUT2D eigenvalue weighted by Crippen LogP contribution is 2.44. The molecule has 1 aliphatic rings. The normalized spacial score (nSPS) is 12.9. The number of pyridine rings is 1. The number of carbonyl (C=O) groups is 2. The molecule has 0 saturated heterocycles. The topological polar surface area (TPSA) is 102 Å². The standard InChI is InChI=1S/C33H29N3O5/c1-20-8-7-17-36-29(30(35-31(20)36)21-13-15-22(40-2)16-14-21)18-28(32(37)38)34-33(39)41-19-27-25-11-5-3-9-23(25)24-10-4-6-12-26(24)27/h3-17,27-28H,18-19H2,1-2H3,(H,34,39)(H,37,38). The number of benzene rings is 3. The second-order valence-corrected chi connectivity index (χ2v) is 10.1. The third-order valence-electron chi connectivity index (χ3n) is 7.64. The molecule has 2 heterocycles. The number of ether oxygens (including phenoxy) is 2. The van der Waals surface area contributed by atoms with E-state index in [0.717, 1.165) is 39.0 Å². The number of aliphatic carboxylic acids is 1. The summed E-state index contributed by atoms with van der Waals surface area (Å²) in [4.78, 5) is 30.2. The molecule has 6 rings (SSSR count). The maximum absolute atomic E-state index is 13.0. The minimum absolute atomic E-state index is 0.00547. The van der Waals surface area contributed by atoms with Crippen molar-refractivity contribution in [3.8, 4) is 28.1 Å². The number of methoxy groups -OCH3 is 1. The Bertz CT molecular complexity index is 1710. The van der Waals surface area contributed by atoms with Crippen LogP contribution < -0.4 is 10.1 Å². The predicted molar refractivity (Wildman–Crippen MR) is 155 cm³/mol. The summed E-state index contributed by atoms with van der Waals surface area (Å²) in [7, 11) is 1.60. The second-order valence-electron chi connectivity index (χ2n) is 10.1. The molecule has 2 N–H and O–H groups in total. The number of aromatic nitrogens is 2. The number of carbonyl (C=O) groups excluding carboxylic acids is 1. The Morgan fingerprint density at radius 2 is 1.61 bits per heavy atom. The molecule has 0 fully saturated rings. The van der Waals surface area contributed by atoms with Gasteiger partial charge in [-0.1, -0.05) is 54.6 Å². The smallest absolute Gasteiger partial charge is 0.407 e. The van der Waals surface area contributed by atoms with E-state index in [1.54, 1.807) is 7.11 Å². The molecule has 0 bridgehead atoms. The van der Waals surface area contributed by atoms with Crippen LogP contribution in [-0.4, -0.2) is 46.3 Å². The summed E-state index contributed by atoms with van der Waals surface area (Å²) >= 11 is 0. The lowest BCUT2D eigenvalue weighted by molar-refractivity contribution is -0.139. The van der Waals surface area contributed by atoms with E-state index in [1.807, 2.05) is 90.3 Å². The van der Waals surface area contributed by atoms with Gasteiger partial charge in [0, 0.05) is 24.1 Å². The number of alkyl carbamates (subject to hydrolysis) is 1. The van der Waals surface area contributed by atoms with Crippen LogP contribution in [0.15, 0.2) is 91.1 Å². The zero-order chi connectivity index (χ0) is 28.5. The van der Waals surface area contributed by atoms with Gasteiger partial charge in [-0.05, 0) is 65.1 Å². The highest BCUT2D eigenvalue weighted by Gasteiger charge is 2.30. The van der Waals surface area contributed by atoms with Crippen molar-refractivity contribution in [3.05, 3.63) is 114 Å². The predicted octanol–water partition coefficient (Wildman–Crippen LogP) is 5.85. The van der Waals surface area contributed by atoms with E-state index in [2.05, 4.69) is 17.4 Å². The molecule has 8 heteroatoms. The van der Waals surface area contributed by atoms with Crippen LogP contribution in [0.4, 0.5) is 4.79 Å². The SMILES string of the molecule is COc1ccc(-c2nc3c(C)cccn3c2CC(NC(=O)OCC2c3ccccc3-c3ccccc32)C(=O)O)cc1. The van der Waals surface area contributed by atoms with E-state index in [1.165, 1.54) is 0 Å². The van der Waals surface area contributed by atoms with Crippen molar-refractivity contribution < 1.29 is 24.2 Å². The summed E-state index contributed by atoms with van der Waals surface area (Å²) in [5.74, 6) is -0.586. The molecule has 1 unspecified atom stereocenters. The number of rotatable bonds is 8. The Balaban J connectivity index is 1.24. The fourth-order valence-electron chi connectivity index (χ4n) is 5.60. The molecule has 2 aromatic heterocycles. The molecule has 5 aromatic rings. The number of carboxylic acids is 1. The Hall–Kier alpha value is -5.11. The summed E-state index contributed by atoms with van der Waals surface area (Å²) in [6, 6.07) is 26.2. The van der Waals surface area contributed by atoms with Crippen LogP contribution in [0, 0.1) is 6.92 Å². The van der Waals surface area contributed by atoms with Crippen LogP contribution in [0.5, 0.6) is 5.75 Å². The molecule has 1 amide bonds. The molecule has 8 nitrogen and oxygen atoms in total. The Morgan fingerprint density at radius 3 is 2.24 bits per heavy atom. The lowest BCUT2D eigenvalue weighted by Gasteiger charge is -2.18. The summed E-state index contributed by atoms with van der Waals surface area (Å²) in [5, 5.41) is 12.7. The zero-order valence-electron chi connectivity index (χ0n) is 22.7. The molecule has 206 valence electrons. The number of carboxylic acid groups (broad SMARTS) is 1. The van der Waals surface area contributed by atoms with Gasteiger partial charge >= 0.3 is 12.1 Å². The molecule has 1 aliphatic carbocycles. The Morgan fingerprint density at radius 1 is 0.951 bits per heavy atom. The highest BCUT2D eigenvalue weighted by atomic mass is 16.5. The summed E-state index contributed by atoms with van der Waals surface area (Å²) in [5.41, 5.74) is 8.20. The van der Waals surface area contributed by atoms with Gasteiger partial charge in [-0.25, -0.2) is 14.6 Å². The number of amides is 1. The van der Waals surface area contributed by atoms with E-state index < -0.39 is 18.1 Å². The number of imidazole rings is 1. The molecule has 3 aromatic carbocycles. The molecule has 0 saturated carbocycles. The molecule has 1 atom stereocenters. The van der Waals surface area contributed by atoms with Crippen LogP contribution in [0.25, 0.3) is 28.0 Å². The summed E-state index contributed by atoms with van der Waals surface area (Å²) < 4.78 is 12.8. The van der Waals surface area contributed by atoms with Crippen molar-refractivity contribution in [2.45, 2.75) is 25.3 Å². The highest BCUT2D eigenvalue weighted by molar-refractivity contribution is 5.82. The van der Waals surface area contributed by atoms with Gasteiger partial charge in [0.15, 0.2) is 0 Å². The van der Waals surface area contributed by atoms with E-state index in [0.29, 0.717) is 17.1 Å². The third-order valence-corrected chi connectivity index (χ3v) is 7.64. The van der Waals surface area contributed by atoms with Crippen molar-refractivity contribution in [3.63, 3.8) is 0 Å². The van der Waals surface area contributed by atoms with Crippen LogP contribution in [0.2, 0.25) is 0 Å². The lowest BCUT2D eigenvalue weighted by Crippen LogP contribution is -2.43. The molecular weight excluding hydrogens is 518 g/mol. The number of nitrogens with one attached hydrogen (secondary N) is 1. The van der Waals surface area contributed by atoms with Gasteiger partial charge in [-0.2, -0.15) is 0 Å². The average molecular weight is 548 g/mol. The third kappa shape index (κ3) is 4.89. The Kier molecular flexibility index (Phi) is 6.89. The molecular formula is C33H29N3O5. The van der Waals surface area contributed by atoms with Gasteiger partial charge in [-0.15, -0.1) is 0 Å². The summed E-state index contributed by atoms with van der Waals surface area (Å²) in [6.07, 6.45) is 1.07. The van der Waals surface area contributed by atoms with E-state index >= 15 is 0 Å². The monoisotopic (exact) mass is 547 g/mol. The largest absolute Gasteiger partial charge is 0.497 e. The van der Waals surface area contributed by atoms with Gasteiger partial charge in [0.25, 0.3) is 0 Å². The Labute approximate surface area is 237 Å². The first-order valence-electron chi connectivity index (χ1n) is 13.4. The van der Waals surface area contributed by atoms with Crippen molar-refractivity contribution in [2.24, 2.45) is 0 Å². The van der Waals surface area contributed by atoms with Crippen LogP contribution in [0.1, 0.15) is 28.3 Å². The number of hydrogen-bond acceptors (Lipinski definition) is 5. The van der Waals surface area contributed by atoms with Gasteiger partial charge in [0.1, 0.15) is 24.0 Å². The molecule has 41 heavy (non-hydrogen) atoms. The molecule has 0 aliphatic heterocycles. The first kappa shape index (κ1) is 26.1. The molecule has 0 radical (unpaired) electrons. The van der Waals surface area contributed by atoms with Crippen molar-refractivity contribution in [1.82, 2.24) is 14.7 Å². The maximum Gasteiger partial charge on any atom is 0.407 e. The first-order chi connectivity index (χ1) is 19.9. The number of hydrogen-bond donors (Lipinski definition) is 2. The molecule has 0 spiro atoms. The zero-order valence-corrected chi connectivity index (χ0v) is 22.7. The fourth-order valence-corrected chi connectivity index (χ4v) is 5.60. The van der Waals surface area contributed by atoms with Crippen molar-refractivity contribution in [2.75, 3.05) is 13.7 Å². The minimum atomic E-state index is -1.23.